The fourth-order valence-corrected chi connectivity index (χ4v) is 1.58. The highest BCUT2D eigenvalue weighted by Gasteiger charge is 2.25. The molecule has 0 aliphatic carbocycles. The molecule has 0 bridgehead atoms. The first kappa shape index (κ1) is 9.48. The van der Waals surface area contributed by atoms with Crippen molar-refractivity contribution in [2.45, 2.75) is 12.5 Å². The molecule has 1 amide bonds. The van der Waals surface area contributed by atoms with Gasteiger partial charge in [0.25, 0.3) is 0 Å². The molecule has 4 heteroatoms. The van der Waals surface area contributed by atoms with Gasteiger partial charge in [-0.2, -0.15) is 0 Å². The van der Waals surface area contributed by atoms with Gasteiger partial charge in [-0.1, -0.05) is 0 Å². The van der Waals surface area contributed by atoms with Crippen molar-refractivity contribution in [1.29, 1.82) is 0 Å². The third-order valence-corrected chi connectivity index (χ3v) is 2.48. The van der Waals surface area contributed by atoms with Crippen LogP contribution in [0.3, 0.4) is 0 Å². The van der Waals surface area contributed by atoms with Crippen LogP contribution in [0.25, 0.3) is 0 Å². The number of rotatable bonds is 2. The molecule has 4 nitrogen and oxygen atoms in total. The van der Waals surface area contributed by atoms with Crippen molar-refractivity contribution in [3.05, 3.63) is 0 Å². The number of carbonyl (C=O) groups excluding carboxylic acids is 1. The fourth-order valence-electron chi connectivity index (χ4n) is 1.58. The zero-order chi connectivity index (χ0) is 9.14. The maximum Gasteiger partial charge on any atom is 0.236 e. The van der Waals surface area contributed by atoms with Gasteiger partial charge in [0.15, 0.2) is 0 Å². The molecule has 0 spiro atoms. The summed E-state index contributed by atoms with van der Waals surface area (Å²) >= 11 is 0. The second-order valence-corrected chi connectivity index (χ2v) is 3.41. The Morgan fingerprint density at radius 1 is 1.75 bits per heavy atom. The van der Waals surface area contributed by atoms with Gasteiger partial charge in [0.1, 0.15) is 0 Å². The first-order chi connectivity index (χ1) is 5.65. The molecule has 0 aromatic rings. The number of amides is 1. The molecule has 1 heterocycles. The number of likely N-dealkylation sites (tertiary alicyclic amines) is 1. The van der Waals surface area contributed by atoms with Crippen molar-refractivity contribution in [1.82, 2.24) is 9.80 Å². The second kappa shape index (κ2) is 3.87. The summed E-state index contributed by atoms with van der Waals surface area (Å²) in [6.07, 6.45) is 1.07. The van der Waals surface area contributed by atoms with E-state index in [0.29, 0.717) is 6.04 Å². The van der Waals surface area contributed by atoms with Crippen LogP contribution in [-0.4, -0.2) is 55.5 Å². The summed E-state index contributed by atoms with van der Waals surface area (Å²) in [7, 11) is 3.90. The van der Waals surface area contributed by atoms with E-state index < -0.39 is 0 Å². The molecule has 1 rings (SSSR count). The molecule has 1 aliphatic rings. The van der Waals surface area contributed by atoms with Gasteiger partial charge in [-0.25, -0.2) is 0 Å². The normalized spacial score (nSPS) is 24.4. The van der Waals surface area contributed by atoms with Gasteiger partial charge in [0.2, 0.25) is 5.91 Å². The van der Waals surface area contributed by atoms with Crippen molar-refractivity contribution in [2.75, 3.05) is 33.7 Å². The van der Waals surface area contributed by atoms with Crippen LogP contribution in [0.5, 0.6) is 0 Å². The number of carbonyl (C=O) groups is 1. The standard InChI is InChI=1S/C8H17N3O/c1-10-4-3-7(6-10)11(2)8(12)5-9/h7H,3-6,9H2,1-2H3/t7-/m0/s1. The lowest BCUT2D eigenvalue weighted by Crippen LogP contribution is -2.41. The minimum absolute atomic E-state index is 0.0373. The molecule has 70 valence electrons. The summed E-state index contributed by atoms with van der Waals surface area (Å²) in [5, 5.41) is 0. The zero-order valence-electron chi connectivity index (χ0n) is 7.79. The van der Waals surface area contributed by atoms with Crippen LogP contribution in [0, 0.1) is 0 Å². The summed E-state index contributed by atoms with van der Waals surface area (Å²) in [6.45, 7) is 2.17. The summed E-state index contributed by atoms with van der Waals surface area (Å²) < 4.78 is 0. The maximum atomic E-state index is 11.2. The molecule has 0 aromatic heterocycles. The van der Waals surface area contributed by atoms with Crippen LogP contribution in [0.1, 0.15) is 6.42 Å². The van der Waals surface area contributed by atoms with E-state index in [9.17, 15) is 4.79 Å². The van der Waals surface area contributed by atoms with E-state index >= 15 is 0 Å². The molecule has 1 fully saturated rings. The van der Waals surface area contributed by atoms with Crippen molar-refractivity contribution < 1.29 is 4.79 Å². The molecule has 0 radical (unpaired) electrons. The minimum atomic E-state index is 0.0373. The highest BCUT2D eigenvalue weighted by atomic mass is 16.2. The molecular formula is C8H17N3O. The quantitative estimate of drug-likeness (QED) is 0.586. The van der Waals surface area contributed by atoms with Gasteiger partial charge < -0.3 is 15.5 Å². The predicted octanol–water partition coefficient (Wildman–Crippen LogP) is -0.892. The number of likely N-dealkylation sites (N-methyl/N-ethyl adjacent to an activating group) is 2. The van der Waals surface area contributed by atoms with E-state index in [1.165, 1.54) is 0 Å². The Bertz CT molecular complexity index is 172. The highest BCUT2D eigenvalue weighted by molar-refractivity contribution is 5.78. The SMILES string of the molecule is CN1CC[C@H](N(C)C(=O)CN)C1. The van der Waals surface area contributed by atoms with Gasteiger partial charge in [-0.15, -0.1) is 0 Å². The van der Waals surface area contributed by atoms with E-state index in [2.05, 4.69) is 11.9 Å². The van der Waals surface area contributed by atoms with Crippen molar-refractivity contribution >= 4 is 5.91 Å². The Labute approximate surface area is 73.3 Å². The Morgan fingerprint density at radius 3 is 2.83 bits per heavy atom. The maximum absolute atomic E-state index is 11.2. The summed E-state index contributed by atoms with van der Waals surface area (Å²) in [4.78, 5) is 15.2. The Balaban J connectivity index is 2.42. The van der Waals surface area contributed by atoms with Crippen LogP contribution < -0.4 is 5.73 Å². The topological polar surface area (TPSA) is 49.6 Å². The molecule has 0 unspecified atom stereocenters. The smallest absolute Gasteiger partial charge is 0.236 e. The Hall–Kier alpha value is -0.610. The number of nitrogens with zero attached hydrogens (tertiary/aromatic N) is 2. The average Bonchev–Trinajstić information content (AvgIpc) is 2.49. The van der Waals surface area contributed by atoms with Crippen molar-refractivity contribution in [3.63, 3.8) is 0 Å². The average molecular weight is 171 g/mol. The van der Waals surface area contributed by atoms with Gasteiger partial charge in [0, 0.05) is 19.6 Å². The van der Waals surface area contributed by atoms with E-state index in [1.54, 1.807) is 4.90 Å². The lowest BCUT2D eigenvalue weighted by molar-refractivity contribution is -0.130. The first-order valence-corrected chi connectivity index (χ1v) is 4.29. The van der Waals surface area contributed by atoms with Crippen LogP contribution >= 0.6 is 0 Å². The number of hydrogen-bond donors (Lipinski definition) is 1. The largest absolute Gasteiger partial charge is 0.340 e. The number of hydrogen-bond acceptors (Lipinski definition) is 3. The fraction of sp³-hybridized carbons (Fsp3) is 0.875. The van der Waals surface area contributed by atoms with Crippen molar-refractivity contribution in [3.8, 4) is 0 Å². The van der Waals surface area contributed by atoms with Gasteiger partial charge >= 0.3 is 0 Å². The van der Waals surface area contributed by atoms with E-state index in [0.717, 1.165) is 19.5 Å². The van der Waals surface area contributed by atoms with Gasteiger partial charge in [-0.05, 0) is 20.0 Å². The summed E-state index contributed by atoms with van der Waals surface area (Å²) in [5.41, 5.74) is 5.27. The van der Waals surface area contributed by atoms with Gasteiger partial charge in [0.05, 0.1) is 6.54 Å². The molecule has 0 aromatic carbocycles. The third kappa shape index (κ3) is 1.95. The van der Waals surface area contributed by atoms with Crippen LogP contribution in [0.2, 0.25) is 0 Å². The van der Waals surface area contributed by atoms with Gasteiger partial charge in [-0.3, -0.25) is 4.79 Å². The number of nitrogens with two attached hydrogens (primary N) is 1. The Morgan fingerprint density at radius 2 is 2.42 bits per heavy atom. The van der Waals surface area contributed by atoms with Crippen molar-refractivity contribution in [2.24, 2.45) is 5.73 Å². The first-order valence-electron chi connectivity index (χ1n) is 4.29. The summed E-state index contributed by atoms with van der Waals surface area (Å²) in [6, 6.07) is 0.367. The molecule has 1 aliphatic heterocycles. The Kier molecular flexibility index (Phi) is 3.05. The second-order valence-electron chi connectivity index (χ2n) is 3.41. The van der Waals surface area contributed by atoms with Crippen LogP contribution in [-0.2, 0) is 4.79 Å². The molecule has 0 saturated carbocycles. The van der Waals surface area contributed by atoms with E-state index in [1.807, 2.05) is 7.05 Å². The lowest BCUT2D eigenvalue weighted by atomic mass is 10.2. The molecule has 1 atom stereocenters. The minimum Gasteiger partial charge on any atom is -0.340 e. The molecular weight excluding hydrogens is 154 g/mol. The van der Waals surface area contributed by atoms with E-state index in [-0.39, 0.29) is 12.5 Å². The molecule has 1 saturated heterocycles. The van der Waals surface area contributed by atoms with Crippen LogP contribution in [0.4, 0.5) is 0 Å². The lowest BCUT2D eigenvalue weighted by Gasteiger charge is -2.23. The van der Waals surface area contributed by atoms with Crippen LogP contribution in [0.15, 0.2) is 0 Å². The molecule has 2 N–H and O–H groups in total. The third-order valence-electron chi connectivity index (χ3n) is 2.48. The highest BCUT2D eigenvalue weighted by Crippen LogP contribution is 2.11. The zero-order valence-corrected chi connectivity index (χ0v) is 7.79. The summed E-state index contributed by atoms with van der Waals surface area (Å²) in [5.74, 6) is 0.0373. The van der Waals surface area contributed by atoms with E-state index in [4.69, 9.17) is 5.73 Å². The molecule has 12 heavy (non-hydrogen) atoms. The predicted molar refractivity (Wildman–Crippen MR) is 47.7 cm³/mol. The monoisotopic (exact) mass is 171 g/mol.